The topological polar surface area (TPSA) is 103 Å². The molecule has 0 atom stereocenters. The smallest absolute Gasteiger partial charge is 0.293 e. The minimum absolute atomic E-state index is 0.0513. The second-order valence-electron chi connectivity index (χ2n) is 6.74. The van der Waals surface area contributed by atoms with Gasteiger partial charge in [-0.3, -0.25) is 24.6 Å². The summed E-state index contributed by atoms with van der Waals surface area (Å²) in [6.45, 7) is 0.181. The number of nitro groups is 1. The standard InChI is InChI=1S/C22H14BrClN2O6S/c23-16-11-13(26(29)30)5-7-15(16)18-8-6-14(32-18)12-20-21(27)25(22(28)33-20)9-10-31-19-4-2-1-3-17(19)24/h1-8,11-12H,9-10H2/b20-12-. The van der Waals surface area contributed by atoms with Crippen molar-refractivity contribution in [2.24, 2.45) is 0 Å². The number of carbonyl (C=O) groups is 2. The highest BCUT2D eigenvalue weighted by atomic mass is 79.9. The Labute approximate surface area is 205 Å². The fourth-order valence-corrected chi connectivity index (χ4v) is 4.62. The number of non-ortho nitro benzene ring substituents is 1. The van der Waals surface area contributed by atoms with Gasteiger partial charge in [-0.15, -0.1) is 0 Å². The lowest BCUT2D eigenvalue weighted by Gasteiger charge is -2.13. The molecule has 0 aliphatic carbocycles. The van der Waals surface area contributed by atoms with E-state index >= 15 is 0 Å². The molecule has 1 fully saturated rings. The van der Waals surface area contributed by atoms with Gasteiger partial charge in [0.25, 0.3) is 16.8 Å². The molecule has 0 spiro atoms. The van der Waals surface area contributed by atoms with Crippen LogP contribution in [0.15, 0.2) is 68.4 Å². The molecular weight excluding hydrogens is 536 g/mol. The van der Waals surface area contributed by atoms with Gasteiger partial charge in [0, 0.05) is 28.2 Å². The number of nitro benzene ring substituents is 1. The third-order valence-electron chi connectivity index (χ3n) is 4.61. The van der Waals surface area contributed by atoms with Crippen LogP contribution in [-0.2, 0) is 4.79 Å². The summed E-state index contributed by atoms with van der Waals surface area (Å²) in [7, 11) is 0. The summed E-state index contributed by atoms with van der Waals surface area (Å²) in [5.41, 5.74) is 0.565. The molecule has 1 aromatic heterocycles. The molecule has 2 heterocycles. The first-order valence-electron chi connectivity index (χ1n) is 9.50. The molecule has 33 heavy (non-hydrogen) atoms. The van der Waals surface area contributed by atoms with E-state index in [2.05, 4.69) is 15.9 Å². The van der Waals surface area contributed by atoms with Crippen LogP contribution in [0, 0.1) is 10.1 Å². The Hall–Kier alpha value is -3.08. The molecule has 0 unspecified atom stereocenters. The molecule has 8 nitrogen and oxygen atoms in total. The predicted molar refractivity (Wildman–Crippen MR) is 128 cm³/mol. The zero-order valence-corrected chi connectivity index (χ0v) is 19.9. The Balaban J connectivity index is 1.44. The Morgan fingerprint density at radius 2 is 1.97 bits per heavy atom. The minimum Gasteiger partial charge on any atom is -0.490 e. The van der Waals surface area contributed by atoms with Gasteiger partial charge in [-0.1, -0.05) is 23.7 Å². The highest BCUT2D eigenvalue weighted by molar-refractivity contribution is 9.10. The van der Waals surface area contributed by atoms with E-state index in [9.17, 15) is 19.7 Å². The van der Waals surface area contributed by atoms with E-state index in [1.54, 1.807) is 42.5 Å². The summed E-state index contributed by atoms with van der Waals surface area (Å²) in [6, 6.07) is 14.6. The van der Waals surface area contributed by atoms with Crippen molar-refractivity contribution in [1.82, 2.24) is 4.90 Å². The Morgan fingerprint density at radius 1 is 1.18 bits per heavy atom. The van der Waals surface area contributed by atoms with Gasteiger partial charge in [-0.25, -0.2) is 0 Å². The van der Waals surface area contributed by atoms with Crippen LogP contribution in [0.3, 0.4) is 0 Å². The Morgan fingerprint density at radius 3 is 2.70 bits per heavy atom. The summed E-state index contributed by atoms with van der Waals surface area (Å²) < 4.78 is 11.8. The molecule has 2 aromatic carbocycles. The first-order chi connectivity index (χ1) is 15.8. The van der Waals surface area contributed by atoms with Crippen molar-refractivity contribution in [1.29, 1.82) is 0 Å². The van der Waals surface area contributed by atoms with E-state index in [1.807, 2.05) is 0 Å². The molecule has 0 saturated carbocycles. The van der Waals surface area contributed by atoms with Crippen LogP contribution in [0.1, 0.15) is 5.76 Å². The molecule has 11 heteroatoms. The number of imide groups is 1. The third kappa shape index (κ3) is 5.13. The van der Waals surface area contributed by atoms with Gasteiger partial charge in [0.15, 0.2) is 0 Å². The molecule has 0 N–H and O–H groups in total. The molecule has 0 bridgehead atoms. The molecule has 168 valence electrons. The summed E-state index contributed by atoms with van der Waals surface area (Å²) in [5, 5.41) is 10.9. The molecule has 2 amide bonds. The number of carbonyl (C=O) groups excluding carboxylic acids is 2. The molecule has 4 rings (SSSR count). The average Bonchev–Trinajstić information content (AvgIpc) is 3.34. The number of rotatable bonds is 7. The van der Waals surface area contributed by atoms with E-state index in [4.69, 9.17) is 20.8 Å². The Kier molecular flexibility index (Phi) is 6.87. The summed E-state index contributed by atoms with van der Waals surface area (Å²) >= 11 is 10.2. The van der Waals surface area contributed by atoms with Crippen LogP contribution in [-0.4, -0.2) is 34.1 Å². The Bertz CT molecular complexity index is 1290. The van der Waals surface area contributed by atoms with Crippen LogP contribution in [0.25, 0.3) is 17.4 Å². The zero-order valence-electron chi connectivity index (χ0n) is 16.7. The number of hydrogen-bond donors (Lipinski definition) is 0. The minimum atomic E-state index is -0.488. The lowest BCUT2D eigenvalue weighted by atomic mass is 10.1. The summed E-state index contributed by atoms with van der Waals surface area (Å²) in [4.78, 5) is 36.7. The summed E-state index contributed by atoms with van der Waals surface area (Å²) in [6.07, 6.45) is 1.49. The molecule has 3 aromatic rings. The van der Waals surface area contributed by atoms with E-state index in [1.165, 1.54) is 18.2 Å². The number of halogens is 2. The van der Waals surface area contributed by atoms with Crippen LogP contribution >= 0.6 is 39.3 Å². The van der Waals surface area contributed by atoms with Crippen LogP contribution in [0.5, 0.6) is 5.75 Å². The van der Waals surface area contributed by atoms with Crippen molar-refractivity contribution in [2.45, 2.75) is 0 Å². The molecular formula is C22H14BrClN2O6S. The van der Waals surface area contributed by atoms with Gasteiger partial charge in [-0.05, 0) is 58.0 Å². The van der Waals surface area contributed by atoms with E-state index in [0.717, 1.165) is 16.7 Å². The van der Waals surface area contributed by atoms with Gasteiger partial charge in [0.2, 0.25) is 0 Å². The molecule has 1 aliphatic rings. The molecule has 1 aliphatic heterocycles. The average molecular weight is 550 g/mol. The highest BCUT2D eigenvalue weighted by Crippen LogP contribution is 2.35. The maximum atomic E-state index is 12.7. The van der Waals surface area contributed by atoms with E-state index in [-0.39, 0.29) is 23.7 Å². The van der Waals surface area contributed by atoms with Crippen LogP contribution < -0.4 is 4.74 Å². The van der Waals surface area contributed by atoms with Crippen molar-refractivity contribution in [3.8, 4) is 17.1 Å². The van der Waals surface area contributed by atoms with Gasteiger partial charge < -0.3 is 9.15 Å². The van der Waals surface area contributed by atoms with Gasteiger partial charge >= 0.3 is 0 Å². The lowest BCUT2D eigenvalue weighted by molar-refractivity contribution is -0.384. The van der Waals surface area contributed by atoms with Gasteiger partial charge in [0.1, 0.15) is 23.9 Å². The second kappa shape index (κ2) is 9.82. The maximum absolute atomic E-state index is 12.7. The number of furan rings is 1. The van der Waals surface area contributed by atoms with Crippen molar-refractivity contribution in [2.75, 3.05) is 13.2 Å². The normalized spacial score (nSPS) is 14.8. The van der Waals surface area contributed by atoms with Crippen molar-refractivity contribution >= 4 is 62.2 Å². The van der Waals surface area contributed by atoms with Gasteiger partial charge in [-0.2, -0.15) is 0 Å². The lowest BCUT2D eigenvalue weighted by Crippen LogP contribution is -2.32. The number of benzene rings is 2. The molecule has 1 saturated heterocycles. The second-order valence-corrected chi connectivity index (χ2v) is 8.99. The number of ether oxygens (including phenoxy) is 1. The fourth-order valence-electron chi connectivity index (χ4n) is 3.02. The predicted octanol–water partition coefficient (Wildman–Crippen LogP) is 6.39. The van der Waals surface area contributed by atoms with Crippen LogP contribution in [0.2, 0.25) is 5.02 Å². The number of amides is 2. The summed E-state index contributed by atoms with van der Waals surface area (Å²) in [5.74, 6) is 0.855. The molecule has 0 radical (unpaired) electrons. The van der Waals surface area contributed by atoms with Crippen molar-refractivity contribution in [3.05, 3.63) is 84.9 Å². The van der Waals surface area contributed by atoms with Gasteiger partial charge in [0.05, 0.1) is 21.4 Å². The van der Waals surface area contributed by atoms with Crippen molar-refractivity contribution in [3.63, 3.8) is 0 Å². The first kappa shape index (κ1) is 23.1. The quantitative estimate of drug-likeness (QED) is 0.191. The first-order valence-corrected chi connectivity index (χ1v) is 11.5. The van der Waals surface area contributed by atoms with Crippen LogP contribution in [0.4, 0.5) is 10.5 Å². The zero-order chi connectivity index (χ0) is 23.5. The third-order valence-corrected chi connectivity index (χ3v) is 6.49. The van der Waals surface area contributed by atoms with E-state index < -0.39 is 16.1 Å². The SMILES string of the molecule is O=C1S/C(=C\c2ccc(-c3ccc([N+](=O)[O-])cc3Br)o2)C(=O)N1CCOc1ccccc1Cl. The largest absolute Gasteiger partial charge is 0.490 e. The maximum Gasteiger partial charge on any atom is 0.293 e. The number of hydrogen-bond acceptors (Lipinski definition) is 7. The monoisotopic (exact) mass is 548 g/mol. The fraction of sp³-hybridized carbons (Fsp3) is 0.0909. The highest BCUT2D eigenvalue weighted by Gasteiger charge is 2.35. The number of nitrogens with zero attached hydrogens (tertiary/aromatic N) is 2. The van der Waals surface area contributed by atoms with E-state index in [0.29, 0.717) is 32.3 Å². The number of para-hydroxylation sites is 1. The van der Waals surface area contributed by atoms with Crippen molar-refractivity contribution < 1.29 is 23.7 Å². The number of thioether (sulfide) groups is 1.